The van der Waals surface area contributed by atoms with E-state index in [1.807, 2.05) is 0 Å². The first-order valence-electron chi connectivity index (χ1n) is 7.56. The SMILES string of the molecule is COC(=O)c1cncc(-n2cc(C3(O)CC[C@H]4CO[C@@H]3O4)nn2)c1. The molecule has 9 heteroatoms. The van der Waals surface area contributed by atoms with E-state index in [1.54, 1.807) is 12.3 Å². The largest absolute Gasteiger partial charge is 0.465 e. The van der Waals surface area contributed by atoms with Gasteiger partial charge in [0.05, 0.1) is 43.5 Å². The van der Waals surface area contributed by atoms with Crippen LogP contribution in [-0.4, -0.2) is 57.2 Å². The van der Waals surface area contributed by atoms with Gasteiger partial charge in [-0.1, -0.05) is 5.21 Å². The van der Waals surface area contributed by atoms with Gasteiger partial charge in [-0.3, -0.25) is 4.98 Å². The number of esters is 1. The Hall–Kier alpha value is -2.36. The third-order valence-electron chi connectivity index (χ3n) is 4.33. The number of hydrogen-bond donors (Lipinski definition) is 1. The highest BCUT2D eigenvalue weighted by Crippen LogP contribution is 2.40. The van der Waals surface area contributed by atoms with Crippen LogP contribution in [0.5, 0.6) is 0 Å². The Balaban J connectivity index is 1.64. The van der Waals surface area contributed by atoms with Gasteiger partial charge >= 0.3 is 5.97 Å². The molecule has 1 N–H and O–H groups in total. The molecule has 2 fully saturated rings. The molecule has 1 unspecified atom stereocenters. The Kier molecular flexibility index (Phi) is 3.56. The zero-order valence-electron chi connectivity index (χ0n) is 13.0. The average Bonchev–Trinajstić information content (AvgIpc) is 3.27. The number of aliphatic hydroxyl groups is 1. The van der Waals surface area contributed by atoms with Gasteiger partial charge in [-0.25, -0.2) is 9.48 Å². The van der Waals surface area contributed by atoms with E-state index >= 15 is 0 Å². The summed E-state index contributed by atoms with van der Waals surface area (Å²) in [6, 6.07) is 1.58. The minimum atomic E-state index is -1.33. The van der Waals surface area contributed by atoms with Crippen molar-refractivity contribution in [2.45, 2.75) is 30.8 Å². The molecule has 0 spiro atoms. The fraction of sp³-hybridized carbons (Fsp3) is 0.467. The van der Waals surface area contributed by atoms with Crippen molar-refractivity contribution in [3.05, 3.63) is 35.9 Å². The van der Waals surface area contributed by atoms with E-state index in [4.69, 9.17) is 9.47 Å². The van der Waals surface area contributed by atoms with Gasteiger partial charge in [0.15, 0.2) is 11.9 Å². The number of ether oxygens (including phenoxy) is 3. The smallest absolute Gasteiger partial charge is 0.339 e. The van der Waals surface area contributed by atoms with Crippen molar-refractivity contribution in [3.63, 3.8) is 0 Å². The second kappa shape index (κ2) is 5.62. The average molecular weight is 332 g/mol. The van der Waals surface area contributed by atoms with E-state index in [0.717, 1.165) is 0 Å². The molecule has 2 aliphatic heterocycles. The summed E-state index contributed by atoms with van der Waals surface area (Å²) >= 11 is 0. The third kappa shape index (κ3) is 2.37. The molecule has 0 aliphatic carbocycles. The number of carbonyl (C=O) groups excluding carboxylic acids is 1. The summed E-state index contributed by atoms with van der Waals surface area (Å²) in [7, 11) is 1.30. The topological polar surface area (TPSA) is 109 Å². The molecule has 4 heterocycles. The molecule has 24 heavy (non-hydrogen) atoms. The molecular formula is C15H16N4O5. The van der Waals surface area contributed by atoms with E-state index in [1.165, 1.54) is 24.2 Å². The van der Waals surface area contributed by atoms with Gasteiger partial charge in [0.2, 0.25) is 0 Å². The zero-order chi connectivity index (χ0) is 16.7. The summed E-state index contributed by atoms with van der Waals surface area (Å²) in [6.07, 6.45) is 5.01. The highest BCUT2D eigenvalue weighted by Gasteiger charge is 2.51. The van der Waals surface area contributed by atoms with Crippen molar-refractivity contribution in [2.24, 2.45) is 0 Å². The fourth-order valence-electron chi connectivity index (χ4n) is 2.97. The number of hydrogen-bond acceptors (Lipinski definition) is 8. The quantitative estimate of drug-likeness (QED) is 0.793. The minimum absolute atomic E-state index is 0.0336. The van der Waals surface area contributed by atoms with Crippen molar-refractivity contribution in [2.75, 3.05) is 13.7 Å². The standard InChI is InChI=1S/C15H16N4O5/c1-22-13(20)9-4-10(6-16-5-9)19-7-12(17-18-19)15(21)3-2-11-8-23-14(15)24-11/h4-7,11,14,21H,2-3,8H2,1H3/t11-,14+,15?/m0/s1. The molecule has 0 radical (unpaired) electrons. The highest BCUT2D eigenvalue weighted by molar-refractivity contribution is 5.89. The van der Waals surface area contributed by atoms with Crippen LogP contribution in [-0.2, 0) is 19.8 Å². The van der Waals surface area contributed by atoms with Crippen molar-refractivity contribution < 1.29 is 24.1 Å². The molecule has 2 saturated heterocycles. The molecule has 9 nitrogen and oxygen atoms in total. The van der Waals surface area contributed by atoms with E-state index in [2.05, 4.69) is 20.0 Å². The lowest BCUT2D eigenvalue weighted by molar-refractivity contribution is -0.219. The molecule has 2 aliphatic rings. The van der Waals surface area contributed by atoms with Crippen molar-refractivity contribution in [1.29, 1.82) is 0 Å². The van der Waals surface area contributed by atoms with Crippen LogP contribution in [0.25, 0.3) is 5.69 Å². The van der Waals surface area contributed by atoms with Gasteiger partial charge in [-0.05, 0) is 18.9 Å². The van der Waals surface area contributed by atoms with Crippen molar-refractivity contribution >= 4 is 5.97 Å². The number of methoxy groups -OCH3 is 1. The lowest BCUT2D eigenvalue weighted by atomic mass is 9.90. The summed E-state index contributed by atoms with van der Waals surface area (Å²) in [5.74, 6) is -0.491. The van der Waals surface area contributed by atoms with Crippen molar-refractivity contribution in [3.8, 4) is 5.69 Å². The van der Waals surface area contributed by atoms with Gasteiger partial charge in [0, 0.05) is 6.20 Å². The van der Waals surface area contributed by atoms with Gasteiger partial charge < -0.3 is 19.3 Å². The Labute approximate surface area is 137 Å². The first kappa shape index (κ1) is 15.2. The fourth-order valence-corrected chi connectivity index (χ4v) is 2.97. The second-order valence-corrected chi connectivity index (χ2v) is 5.86. The molecule has 2 aromatic rings. The van der Waals surface area contributed by atoms with Gasteiger partial charge in [-0.2, -0.15) is 0 Å². The van der Waals surface area contributed by atoms with Gasteiger partial charge in [-0.15, -0.1) is 5.10 Å². The maximum absolute atomic E-state index is 11.6. The van der Waals surface area contributed by atoms with Gasteiger partial charge in [0.25, 0.3) is 0 Å². The monoisotopic (exact) mass is 332 g/mol. The molecule has 126 valence electrons. The first-order valence-corrected chi connectivity index (χ1v) is 7.56. The van der Waals surface area contributed by atoms with Crippen LogP contribution in [0.15, 0.2) is 24.7 Å². The van der Waals surface area contributed by atoms with Crippen LogP contribution in [0.4, 0.5) is 0 Å². The summed E-state index contributed by atoms with van der Waals surface area (Å²) in [5.41, 5.74) is -0.147. The molecule has 0 saturated carbocycles. The predicted octanol–water partition coefficient (Wildman–Crippen LogP) is 0.172. The maximum atomic E-state index is 11.6. The Morgan fingerprint density at radius 3 is 3.21 bits per heavy atom. The molecule has 2 bridgehead atoms. The van der Waals surface area contributed by atoms with Crippen LogP contribution in [0.2, 0.25) is 0 Å². The van der Waals surface area contributed by atoms with E-state index in [-0.39, 0.29) is 6.10 Å². The molecule has 4 rings (SSSR count). The Morgan fingerprint density at radius 1 is 1.50 bits per heavy atom. The summed E-state index contributed by atoms with van der Waals surface area (Å²) in [4.78, 5) is 15.6. The number of fused-ring (bicyclic) bond motifs is 2. The number of rotatable bonds is 3. The van der Waals surface area contributed by atoms with Crippen LogP contribution in [0.1, 0.15) is 28.9 Å². The van der Waals surface area contributed by atoms with Gasteiger partial charge in [0.1, 0.15) is 5.69 Å². The third-order valence-corrected chi connectivity index (χ3v) is 4.33. The second-order valence-electron chi connectivity index (χ2n) is 5.86. The normalized spacial score (nSPS) is 28.8. The first-order chi connectivity index (χ1) is 11.6. The number of pyridine rings is 1. The van der Waals surface area contributed by atoms with Crippen LogP contribution >= 0.6 is 0 Å². The number of aromatic nitrogens is 4. The summed E-state index contributed by atoms with van der Waals surface area (Å²) in [6.45, 7) is 0.478. The van der Waals surface area contributed by atoms with E-state index < -0.39 is 17.9 Å². The highest BCUT2D eigenvalue weighted by atomic mass is 16.7. The predicted molar refractivity (Wildman–Crippen MR) is 78.2 cm³/mol. The van der Waals surface area contributed by atoms with E-state index in [9.17, 15) is 9.90 Å². The summed E-state index contributed by atoms with van der Waals surface area (Å²) in [5, 5.41) is 19.0. The lowest BCUT2D eigenvalue weighted by Gasteiger charge is -2.34. The van der Waals surface area contributed by atoms with Crippen molar-refractivity contribution in [1.82, 2.24) is 20.0 Å². The maximum Gasteiger partial charge on any atom is 0.339 e. The molecule has 2 aromatic heterocycles. The van der Waals surface area contributed by atoms with Crippen LogP contribution < -0.4 is 0 Å². The molecule has 0 aromatic carbocycles. The van der Waals surface area contributed by atoms with Crippen LogP contribution in [0, 0.1) is 0 Å². The molecule has 3 atom stereocenters. The minimum Gasteiger partial charge on any atom is -0.465 e. The van der Waals surface area contributed by atoms with E-state index in [0.29, 0.717) is 36.4 Å². The van der Waals surface area contributed by atoms with Crippen LogP contribution in [0.3, 0.4) is 0 Å². The number of nitrogens with zero attached hydrogens (tertiary/aromatic N) is 4. The Bertz CT molecular complexity index is 779. The molecule has 0 amide bonds. The number of carbonyl (C=O) groups is 1. The Morgan fingerprint density at radius 2 is 2.38 bits per heavy atom. The summed E-state index contributed by atoms with van der Waals surface area (Å²) < 4.78 is 17.2. The zero-order valence-corrected chi connectivity index (χ0v) is 13.0. The lowest BCUT2D eigenvalue weighted by Crippen LogP contribution is -2.44. The molecular weight excluding hydrogens is 316 g/mol.